The molecule has 0 radical (unpaired) electrons. The summed E-state index contributed by atoms with van der Waals surface area (Å²) in [5.74, 6) is -1.75. The fourth-order valence-corrected chi connectivity index (χ4v) is 4.05. The molecule has 2 fully saturated rings. The smallest absolute Gasteiger partial charge is 0.389 e. The van der Waals surface area contributed by atoms with Crippen LogP contribution in [0, 0.1) is 11.8 Å². The molecule has 0 aromatic heterocycles. The molecule has 0 bridgehead atoms. The summed E-state index contributed by atoms with van der Waals surface area (Å²) in [5, 5.41) is 11.9. The average molecular weight is 350 g/mol. The lowest BCUT2D eigenvalue weighted by Crippen LogP contribution is -2.50. The number of hydrogen-bond acceptors (Lipinski definition) is 2. The third-order valence-corrected chi connectivity index (χ3v) is 5.37. The zero-order chi connectivity index (χ0) is 18.1. The Labute approximate surface area is 139 Å². The van der Waals surface area contributed by atoms with Gasteiger partial charge in [0.15, 0.2) is 0 Å². The first-order valence-electron chi connectivity index (χ1n) is 8.47. The number of urea groups is 1. The van der Waals surface area contributed by atoms with E-state index in [1.54, 1.807) is 13.8 Å². The van der Waals surface area contributed by atoms with E-state index in [-0.39, 0.29) is 24.0 Å². The van der Waals surface area contributed by atoms with Crippen molar-refractivity contribution in [1.82, 2.24) is 10.2 Å². The molecule has 3 atom stereocenters. The van der Waals surface area contributed by atoms with Gasteiger partial charge in [-0.1, -0.05) is 0 Å². The van der Waals surface area contributed by atoms with Crippen molar-refractivity contribution in [2.45, 2.75) is 76.7 Å². The van der Waals surface area contributed by atoms with Crippen molar-refractivity contribution in [3.8, 4) is 0 Å². The Morgan fingerprint density at radius 3 is 2.25 bits per heavy atom. The number of halogens is 3. The van der Waals surface area contributed by atoms with Crippen molar-refractivity contribution in [2.75, 3.05) is 0 Å². The van der Waals surface area contributed by atoms with Gasteiger partial charge < -0.3 is 15.3 Å². The number of carboxylic acids is 1. The van der Waals surface area contributed by atoms with Crippen LogP contribution in [0.25, 0.3) is 0 Å². The molecule has 138 valence electrons. The molecule has 0 spiro atoms. The number of alkyl halides is 3. The predicted octanol–water partition coefficient (Wildman–Crippen LogP) is 3.39. The number of amides is 2. The van der Waals surface area contributed by atoms with Crippen molar-refractivity contribution >= 4 is 12.0 Å². The number of rotatable bonds is 3. The molecule has 1 aliphatic carbocycles. The Bertz CT molecular complexity index is 476. The van der Waals surface area contributed by atoms with Gasteiger partial charge in [0, 0.05) is 24.5 Å². The second-order valence-electron chi connectivity index (χ2n) is 7.15. The largest absolute Gasteiger partial charge is 0.481 e. The van der Waals surface area contributed by atoms with Crippen LogP contribution in [0.2, 0.25) is 0 Å². The van der Waals surface area contributed by atoms with Gasteiger partial charge >= 0.3 is 18.2 Å². The summed E-state index contributed by atoms with van der Waals surface area (Å²) in [6, 6.07) is -1.13. The molecule has 2 rings (SSSR count). The highest BCUT2D eigenvalue weighted by atomic mass is 19.4. The van der Waals surface area contributed by atoms with E-state index in [0.29, 0.717) is 32.1 Å². The van der Waals surface area contributed by atoms with Gasteiger partial charge in [-0.15, -0.1) is 0 Å². The minimum absolute atomic E-state index is 0.103. The van der Waals surface area contributed by atoms with E-state index >= 15 is 0 Å². The number of carboxylic acid groups (broad SMARTS) is 1. The number of aliphatic carboxylic acids is 1. The quantitative estimate of drug-likeness (QED) is 0.820. The predicted molar refractivity (Wildman–Crippen MR) is 81.5 cm³/mol. The standard InChI is InChI=1S/C16H25F3N2O3/c1-9-7-12(8-16(17,18)19)10(2)21(9)15(24)20-13-5-3-11(4-6-13)14(22)23/h9-13H,3-8H2,1-2H3,(H,20,24)(H,22,23)/t9-,10+,11?,12?,13?/m0/s1. The molecule has 0 aromatic rings. The monoisotopic (exact) mass is 350 g/mol. The summed E-state index contributed by atoms with van der Waals surface area (Å²) in [4.78, 5) is 24.9. The highest BCUT2D eigenvalue weighted by molar-refractivity contribution is 5.76. The lowest BCUT2D eigenvalue weighted by atomic mass is 9.86. The lowest BCUT2D eigenvalue weighted by molar-refractivity contribution is -0.145. The van der Waals surface area contributed by atoms with Gasteiger partial charge in [-0.25, -0.2) is 4.79 Å². The van der Waals surface area contributed by atoms with Gasteiger partial charge in [0.25, 0.3) is 0 Å². The number of nitrogens with zero attached hydrogens (tertiary/aromatic N) is 1. The molecule has 1 aliphatic heterocycles. The fraction of sp³-hybridized carbons (Fsp3) is 0.875. The van der Waals surface area contributed by atoms with Gasteiger partial charge in [0.2, 0.25) is 0 Å². The van der Waals surface area contributed by atoms with E-state index in [0.717, 1.165) is 0 Å². The van der Waals surface area contributed by atoms with Gasteiger partial charge in [-0.3, -0.25) is 4.79 Å². The molecular formula is C16H25F3N2O3. The number of likely N-dealkylation sites (tertiary alicyclic amines) is 1. The summed E-state index contributed by atoms with van der Waals surface area (Å²) in [6.45, 7) is 3.44. The highest BCUT2D eigenvalue weighted by Crippen LogP contribution is 2.37. The first-order chi connectivity index (χ1) is 11.1. The number of carbonyl (C=O) groups is 2. The Hall–Kier alpha value is -1.47. The van der Waals surface area contributed by atoms with E-state index in [2.05, 4.69) is 5.32 Å². The molecular weight excluding hydrogens is 325 g/mol. The molecule has 1 unspecified atom stereocenters. The average Bonchev–Trinajstić information content (AvgIpc) is 2.71. The number of nitrogens with one attached hydrogen (secondary N) is 1. The number of hydrogen-bond donors (Lipinski definition) is 2. The van der Waals surface area contributed by atoms with Crippen molar-refractivity contribution in [3.63, 3.8) is 0 Å². The van der Waals surface area contributed by atoms with Crippen molar-refractivity contribution < 1.29 is 27.9 Å². The first kappa shape index (κ1) is 18.9. The van der Waals surface area contributed by atoms with Crippen LogP contribution >= 0.6 is 0 Å². The Morgan fingerprint density at radius 2 is 1.75 bits per heavy atom. The Balaban J connectivity index is 1.89. The molecule has 1 saturated heterocycles. The van der Waals surface area contributed by atoms with Crippen molar-refractivity contribution in [2.24, 2.45) is 11.8 Å². The Morgan fingerprint density at radius 1 is 1.17 bits per heavy atom. The Kier molecular flexibility index (Phi) is 5.65. The molecule has 2 amide bonds. The molecule has 2 N–H and O–H groups in total. The first-order valence-corrected chi connectivity index (χ1v) is 8.47. The number of carbonyl (C=O) groups excluding carboxylic acids is 1. The molecule has 1 heterocycles. The van der Waals surface area contributed by atoms with Crippen LogP contribution in [0.4, 0.5) is 18.0 Å². The van der Waals surface area contributed by atoms with Gasteiger partial charge in [-0.05, 0) is 51.9 Å². The summed E-state index contributed by atoms with van der Waals surface area (Å²) < 4.78 is 37.9. The normalized spacial score (nSPS) is 34.2. The highest BCUT2D eigenvalue weighted by Gasteiger charge is 2.44. The van der Waals surface area contributed by atoms with Crippen LogP contribution < -0.4 is 5.32 Å². The van der Waals surface area contributed by atoms with E-state index in [1.807, 2.05) is 0 Å². The SMILES string of the molecule is C[C@@H]1C(CC(F)(F)F)C[C@H](C)N1C(=O)NC1CCC(C(=O)O)CC1. The van der Waals surface area contributed by atoms with Crippen LogP contribution in [0.3, 0.4) is 0 Å². The molecule has 5 nitrogen and oxygen atoms in total. The second-order valence-corrected chi connectivity index (χ2v) is 7.15. The maximum atomic E-state index is 12.6. The van der Waals surface area contributed by atoms with Crippen LogP contribution in [0.1, 0.15) is 52.4 Å². The molecule has 0 aromatic carbocycles. The van der Waals surface area contributed by atoms with Crippen molar-refractivity contribution in [1.29, 1.82) is 0 Å². The lowest BCUT2D eigenvalue weighted by Gasteiger charge is -2.32. The maximum Gasteiger partial charge on any atom is 0.389 e. The molecule has 2 aliphatic rings. The summed E-state index contributed by atoms with van der Waals surface area (Å²) >= 11 is 0. The third-order valence-electron chi connectivity index (χ3n) is 5.37. The van der Waals surface area contributed by atoms with E-state index in [4.69, 9.17) is 5.11 Å². The van der Waals surface area contributed by atoms with Gasteiger partial charge in [0.05, 0.1) is 5.92 Å². The van der Waals surface area contributed by atoms with E-state index in [1.165, 1.54) is 4.90 Å². The van der Waals surface area contributed by atoms with Crippen LogP contribution in [0.15, 0.2) is 0 Å². The molecule has 1 saturated carbocycles. The van der Waals surface area contributed by atoms with Crippen LogP contribution in [0.5, 0.6) is 0 Å². The van der Waals surface area contributed by atoms with E-state index < -0.39 is 30.5 Å². The fourth-order valence-electron chi connectivity index (χ4n) is 4.05. The molecule has 24 heavy (non-hydrogen) atoms. The summed E-state index contributed by atoms with van der Waals surface area (Å²) in [7, 11) is 0. The summed E-state index contributed by atoms with van der Waals surface area (Å²) in [6.07, 6.45) is -2.53. The van der Waals surface area contributed by atoms with Gasteiger partial charge in [0.1, 0.15) is 0 Å². The van der Waals surface area contributed by atoms with Crippen LogP contribution in [-0.4, -0.2) is 46.3 Å². The molecule has 8 heteroatoms. The third kappa shape index (κ3) is 4.54. The zero-order valence-corrected chi connectivity index (χ0v) is 14.0. The van der Waals surface area contributed by atoms with E-state index in [9.17, 15) is 22.8 Å². The van der Waals surface area contributed by atoms with Crippen LogP contribution in [-0.2, 0) is 4.79 Å². The topological polar surface area (TPSA) is 69.6 Å². The zero-order valence-electron chi connectivity index (χ0n) is 14.0. The second kappa shape index (κ2) is 7.19. The minimum atomic E-state index is -4.22. The minimum Gasteiger partial charge on any atom is -0.481 e. The van der Waals surface area contributed by atoms with Gasteiger partial charge in [-0.2, -0.15) is 13.2 Å². The maximum absolute atomic E-state index is 12.6. The summed E-state index contributed by atoms with van der Waals surface area (Å²) in [5.41, 5.74) is 0. The van der Waals surface area contributed by atoms with Crippen molar-refractivity contribution in [3.05, 3.63) is 0 Å².